The molecule has 0 aliphatic carbocycles. The van der Waals surface area contributed by atoms with Crippen LogP contribution in [-0.2, 0) is 4.79 Å². The van der Waals surface area contributed by atoms with Crippen LogP contribution in [0.5, 0.6) is 0 Å². The number of nitrogens with zero attached hydrogens (tertiary/aromatic N) is 1. The molecule has 0 spiro atoms. The van der Waals surface area contributed by atoms with Crippen molar-refractivity contribution in [3.05, 3.63) is 59.3 Å². The van der Waals surface area contributed by atoms with Crippen molar-refractivity contribution in [2.45, 2.75) is 13.3 Å². The maximum Gasteiger partial charge on any atom is 0.254 e. The summed E-state index contributed by atoms with van der Waals surface area (Å²) in [6.07, 6.45) is 1.58. The highest BCUT2D eigenvalue weighted by Gasteiger charge is 2.12. The first-order chi connectivity index (χ1) is 11.0. The van der Waals surface area contributed by atoms with Crippen LogP contribution >= 0.6 is 0 Å². The van der Waals surface area contributed by atoms with Gasteiger partial charge in [-0.3, -0.25) is 9.59 Å². The molecule has 0 radical (unpaired) electrons. The molecule has 0 saturated carbocycles. The number of rotatable bonds is 5. The molecule has 1 aromatic carbocycles. The normalized spacial score (nSPS) is 10.2. The van der Waals surface area contributed by atoms with Crippen LogP contribution in [0.15, 0.2) is 36.5 Å². The van der Waals surface area contributed by atoms with E-state index in [0.717, 1.165) is 17.7 Å². The summed E-state index contributed by atoms with van der Waals surface area (Å²) in [5.74, 6) is -2.32. The molecule has 0 saturated heterocycles. The highest BCUT2D eigenvalue weighted by molar-refractivity contribution is 5.95. The minimum atomic E-state index is -0.948. The second-order valence-corrected chi connectivity index (χ2v) is 4.90. The molecule has 2 aromatic rings. The summed E-state index contributed by atoms with van der Waals surface area (Å²) in [6, 6.07) is 6.19. The summed E-state index contributed by atoms with van der Waals surface area (Å²) >= 11 is 0. The van der Waals surface area contributed by atoms with Crippen LogP contribution in [0.3, 0.4) is 0 Å². The molecule has 2 rings (SSSR count). The number of amides is 2. The number of aryl methyl sites for hydroxylation is 1. The lowest BCUT2D eigenvalue weighted by Crippen LogP contribution is -2.28. The molecular weight excluding hydrogens is 304 g/mol. The predicted molar refractivity (Wildman–Crippen MR) is 80.9 cm³/mol. The lowest BCUT2D eigenvalue weighted by Gasteiger charge is -2.07. The van der Waals surface area contributed by atoms with E-state index < -0.39 is 17.5 Å². The van der Waals surface area contributed by atoms with E-state index in [4.69, 9.17) is 0 Å². The monoisotopic (exact) mass is 319 g/mol. The van der Waals surface area contributed by atoms with Crippen LogP contribution in [0.1, 0.15) is 22.3 Å². The number of pyridine rings is 1. The van der Waals surface area contributed by atoms with E-state index in [1.807, 2.05) is 6.92 Å². The maximum absolute atomic E-state index is 13.4. The fourth-order valence-corrected chi connectivity index (χ4v) is 1.87. The van der Waals surface area contributed by atoms with Gasteiger partial charge >= 0.3 is 0 Å². The van der Waals surface area contributed by atoms with Gasteiger partial charge in [0.2, 0.25) is 5.91 Å². The van der Waals surface area contributed by atoms with E-state index in [-0.39, 0.29) is 24.4 Å². The van der Waals surface area contributed by atoms with Gasteiger partial charge in [-0.15, -0.1) is 0 Å². The van der Waals surface area contributed by atoms with Crippen molar-refractivity contribution in [2.24, 2.45) is 0 Å². The first kappa shape index (κ1) is 16.5. The fraction of sp³-hybridized carbons (Fsp3) is 0.188. The second kappa shape index (κ2) is 7.44. The van der Waals surface area contributed by atoms with Gasteiger partial charge in [0.15, 0.2) is 0 Å². The van der Waals surface area contributed by atoms with Crippen molar-refractivity contribution >= 4 is 17.6 Å². The van der Waals surface area contributed by atoms with Gasteiger partial charge in [-0.1, -0.05) is 0 Å². The Morgan fingerprint density at radius 3 is 2.65 bits per heavy atom. The zero-order valence-electron chi connectivity index (χ0n) is 12.4. The third kappa shape index (κ3) is 4.84. The summed E-state index contributed by atoms with van der Waals surface area (Å²) in [5, 5.41) is 4.99. The van der Waals surface area contributed by atoms with Crippen LogP contribution in [-0.4, -0.2) is 23.3 Å². The first-order valence-corrected chi connectivity index (χ1v) is 6.91. The van der Waals surface area contributed by atoms with E-state index >= 15 is 0 Å². The summed E-state index contributed by atoms with van der Waals surface area (Å²) in [5.41, 5.74) is 0.683. The van der Waals surface area contributed by atoms with Gasteiger partial charge < -0.3 is 10.6 Å². The van der Waals surface area contributed by atoms with Crippen molar-refractivity contribution in [3.63, 3.8) is 0 Å². The minimum Gasteiger partial charge on any atom is -0.351 e. The molecule has 0 bridgehead atoms. The number of carbonyl (C=O) groups excluding carboxylic acids is 2. The summed E-state index contributed by atoms with van der Waals surface area (Å²) < 4.78 is 26.2. The Kier molecular flexibility index (Phi) is 5.35. The lowest BCUT2D eigenvalue weighted by atomic mass is 10.2. The fourth-order valence-electron chi connectivity index (χ4n) is 1.87. The molecule has 0 aliphatic heterocycles. The molecule has 23 heavy (non-hydrogen) atoms. The third-order valence-corrected chi connectivity index (χ3v) is 3.00. The molecule has 120 valence electrons. The van der Waals surface area contributed by atoms with Gasteiger partial charge in [0.25, 0.3) is 5.91 Å². The van der Waals surface area contributed by atoms with Crippen LogP contribution < -0.4 is 10.6 Å². The Morgan fingerprint density at radius 1 is 1.17 bits per heavy atom. The number of nitrogens with one attached hydrogen (secondary N) is 2. The topological polar surface area (TPSA) is 71.1 Å². The van der Waals surface area contributed by atoms with Gasteiger partial charge in [0, 0.05) is 25.2 Å². The Bertz CT molecular complexity index is 735. The average Bonchev–Trinajstić information content (AvgIpc) is 2.47. The maximum atomic E-state index is 13.4. The number of aromatic nitrogens is 1. The predicted octanol–water partition coefficient (Wildman–Crippen LogP) is 2.43. The van der Waals surface area contributed by atoms with Crippen molar-refractivity contribution in [2.75, 3.05) is 11.9 Å². The van der Waals surface area contributed by atoms with Crippen molar-refractivity contribution in [1.82, 2.24) is 10.3 Å². The number of hydrogen-bond acceptors (Lipinski definition) is 3. The zero-order valence-corrected chi connectivity index (χ0v) is 12.4. The van der Waals surface area contributed by atoms with E-state index in [9.17, 15) is 18.4 Å². The van der Waals surface area contributed by atoms with Crippen molar-refractivity contribution in [3.8, 4) is 0 Å². The number of benzene rings is 1. The molecular formula is C16H15F2N3O2. The SMILES string of the molecule is Cc1ccnc(NC(=O)CCNC(=O)c2ccc(F)cc2F)c1. The molecule has 7 heteroatoms. The molecule has 0 atom stereocenters. The van der Waals surface area contributed by atoms with Crippen molar-refractivity contribution in [1.29, 1.82) is 0 Å². The van der Waals surface area contributed by atoms with E-state index in [1.54, 1.807) is 18.3 Å². The standard InChI is InChI=1S/C16H15F2N3O2/c1-10-4-6-19-14(8-10)21-15(22)5-7-20-16(23)12-3-2-11(17)9-13(12)18/h2-4,6,8-9H,5,7H2,1H3,(H,20,23)(H,19,21,22). The summed E-state index contributed by atoms with van der Waals surface area (Å²) in [6.45, 7) is 1.89. The number of hydrogen-bond donors (Lipinski definition) is 2. The third-order valence-electron chi connectivity index (χ3n) is 3.00. The van der Waals surface area contributed by atoms with Crippen molar-refractivity contribution < 1.29 is 18.4 Å². The Hall–Kier alpha value is -2.83. The first-order valence-electron chi connectivity index (χ1n) is 6.91. The Morgan fingerprint density at radius 2 is 1.96 bits per heavy atom. The quantitative estimate of drug-likeness (QED) is 0.889. The van der Waals surface area contributed by atoms with E-state index in [0.29, 0.717) is 11.9 Å². The summed E-state index contributed by atoms with van der Waals surface area (Å²) in [7, 11) is 0. The molecule has 1 heterocycles. The molecule has 1 aromatic heterocycles. The second-order valence-electron chi connectivity index (χ2n) is 4.90. The summed E-state index contributed by atoms with van der Waals surface area (Å²) in [4.78, 5) is 27.5. The molecule has 2 amide bonds. The average molecular weight is 319 g/mol. The highest BCUT2D eigenvalue weighted by Crippen LogP contribution is 2.09. The smallest absolute Gasteiger partial charge is 0.254 e. The van der Waals surface area contributed by atoms with Gasteiger partial charge in [-0.05, 0) is 36.8 Å². The largest absolute Gasteiger partial charge is 0.351 e. The van der Waals surface area contributed by atoms with Gasteiger partial charge in [0.1, 0.15) is 17.5 Å². The van der Waals surface area contributed by atoms with Gasteiger partial charge in [0.05, 0.1) is 5.56 Å². The van der Waals surface area contributed by atoms with Crippen LogP contribution in [0.2, 0.25) is 0 Å². The molecule has 0 fully saturated rings. The Labute approximate surface area is 131 Å². The molecule has 0 unspecified atom stereocenters. The zero-order chi connectivity index (χ0) is 16.8. The van der Waals surface area contributed by atoms with E-state index in [2.05, 4.69) is 15.6 Å². The van der Waals surface area contributed by atoms with E-state index in [1.165, 1.54) is 0 Å². The number of halogens is 2. The van der Waals surface area contributed by atoms with Crippen LogP contribution in [0.4, 0.5) is 14.6 Å². The minimum absolute atomic E-state index is 0.00414. The highest BCUT2D eigenvalue weighted by atomic mass is 19.1. The van der Waals surface area contributed by atoms with Crippen LogP contribution in [0.25, 0.3) is 0 Å². The molecule has 5 nitrogen and oxygen atoms in total. The number of carbonyl (C=O) groups is 2. The Balaban J connectivity index is 1.82. The van der Waals surface area contributed by atoms with Gasteiger partial charge in [-0.25, -0.2) is 13.8 Å². The lowest BCUT2D eigenvalue weighted by molar-refractivity contribution is -0.116. The molecule has 2 N–H and O–H groups in total. The number of anilines is 1. The van der Waals surface area contributed by atoms with Gasteiger partial charge in [-0.2, -0.15) is 0 Å². The van der Waals surface area contributed by atoms with Crippen LogP contribution in [0, 0.1) is 18.6 Å². The molecule has 0 aliphatic rings.